The maximum atomic E-state index is 10.2. The van der Waals surface area contributed by atoms with E-state index in [0.717, 1.165) is 51.4 Å². The van der Waals surface area contributed by atoms with E-state index in [-0.39, 0.29) is 6.61 Å². The number of hydrogen-bond acceptors (Lipinski definition) is 6. The molecule has 6 nitrogen and oxygen atoms in total. The summed E-state index contributed by atoms with van der Waals surface area (Å²) >= 11 is 0. The highest BCUT2D eigenvalue weighted by molar-refractivity contribution is 5.43. The van der Waals surface area contributed by atoms with Crippen LogP contribution in [0.2, 0.25) is 0 Å². The molecule has 2 aliphatic rings. The van der Waals surface area contributed by atoms with E-state index >= 15 is 0 Å². The fourth-order valence-electron chi connectivity index (χ4n) is 3.97. The Bertz CT molecular complexity index is 571. The van der Waals surface area contributed by atoms with Crippen LogP contribution in [0.25, 0.3) is 0 Å². The van der Waals surface area contributed by atoms with Crippen LogP contribution >= 0.6 is 0 Å². The van der Waals surface area contributed by atoms with E-state index in [0.29, 0.717) is 18.3 Å². The molecule has 0 spiro atoms. The number of hydrogen-bond donors (Lipinski definition) is 1. The molecule has 1 N–H and O–H groups in total. The first kappa shape index (κ1) is 20.4. The number of β-amino-alcohol motifs (C(OH)–C–C–N with tert-alkyl or cyclic N) is 1. The molecule has 1 aromatic rings. The maximum Gasteiger partial charge on any atom is 0.161 e. The number of ether oxygens (including phenoxy) is 3. The van der Waals surface area contributed by atoms with E-state index in [1.165, 1.54) is 18.4 Å². The van der Waals surface area contributed by atoms with Gasteiger partial charge in [-0.05, 0) is 63.5 Å². The van der Waals surface area contributed by atoms with Crippen molar-refractivity contribution in [2.75, 3.05) is 53.6 Å². The van der Waals surface area contributed by atoms with Gasteiger partial charge in [-0.3, -0.25) is 4.90 Å². The summed E-state index contributed by atoms with van der Waals surface area (Å²) in [5, 5.41) is 10.2. The standard InChI is InChI=1S/C21H34N2O4/c1-22(18-7-11-26-12-8-18)14-17-5-6-20(21(13-17)25-2)27-16-19(24)15-23-9-3-4-10-23/h5-6,13,18-19,24H,3-4,7-12,14-16H2,1-2H3/t19-/m0/s1. The second-order valence-corrected chi connectivity index (χ2v) is 7.72. The Kier molecular flexibility index (Phi) is 7.76. The third-order valence-corrected chi connectivity index (χ3v) is 5.57. The number of nitrogens with zero attached hydrogens (tertiary/aromatic N) is 2. The average molecular weight is 379 g/mol. The number of likely N-dealkylation sites (tertiary alicyclic amines) is 1. The van der Waals surface area contributed by atoms with Crippen molar-refractivity contribution < 1.29 is 19.3 Å². The topological polar surface area (TPSA) is 54.4 Å². The van der Waals surface area contributed by atoms with Gasteiger partial charge < -0.3 is 24.2 Å². The highest BCUT2D eigenvalue weighted by Gasteiger charge is 2.20. The molecule has 1 aromatic carbocycles. The Morgan fingerprint density at radius 3 is 2.67 bits per heavy atom. The van der Waals surface area contributed by atoms with Gasteiger partial charge in [0, 0.05) is 32.3 Å². The van der Waals surface area contributed by atoms with Crippen molar-refractivity contribution in [2.24, 2.45) is 0 Å². The van der Waals surface area contributed by atoms with Crippen LogP contribution in [0.15, 0.2) is 18.2 Å². The summed E-state index contributed by atoms with van der Waals surface area (Å²) in [6, 6.07) is 6.65. The molecule has 3 rings (SSSR count). The van der Waals surface area contributed by atoms with Crippen molar-refractivity contribution >= 4 is 0 Å². The molecule has 152 valence electrons. The molecular weight excluding hydrogens is 344 g/mol. The predicted molar refractivity (Wildman–Crippen MR) is 105 cm³/mol. The lowest BCUT2D eigenvalue weighted by Crippen LogP contribution is -2.36. The van der Waals surface area contributed by atoms with Gasteiger partial charge in [-0.15, -0.1) is 0 Å². The van der Waals surface area contributed by atoms with Crippen LogP contribution in [0, 0.1) is 0 Å². The number of aliphatic hydroxyl groups excluding tert-OH is 1. The lowest BCUT2D eigenvalue weighted by molar-refractivity contribution is 0.0406. The molecule has 0 aliphatic carbocycles. The molecule has 0 saturated carbocycles. The number of benzene rings is 1. The van der Waals surface area contributed by atoms with Crippen LogP contribution in [0.3, 0.4) is 0 Å². The molecule has 1 atom stereocenters. The third kappa shape index (κ3) is 6.07. The van der Waals surface area contributed by atoms with E-state index in [2.05, 4.69) is 22.9 Å². The van der Waals surface area contributed by atoms with Crippen LogP contribution < -0.4 is 9.47 Å². The second-order valence-electron chi connectivity index (χ2n) is 7.72. The van der Waals surface area contributed by atoms with Crippen molar-refractivity contribution in [3.63, 3.8) is 0 Å². The molecule has 2 aliphatic heterocycles. The van der Waals surface area contributed by atoms with Crippen LogP contribution in [0.5, 0.6) is 11.5 Å². The molecule has 0 radical (unpaired) electrons. The van der Waals surface area contributed by atoms with Crippen molar-refractivity contribution in [1.29, 1.82) is 0 Å². The Labute approximate surface area is 163 Å². The Hall–Kier alpha value is -1.34. The first-order valence-electron chi connectivity index (χ1n) is 10.1. The van der Waals surface area contributed by atoms with Crippen molar-refractivity contribution in [2.45, 2.75) is 44.4 Å². The van der Waals surface area contributed by atoms with Crippen molar-refractivity contribution in [3.05, 3.63) is 23.8 Å². The third-order valence-electron chi connectivity index (χ3n) is 5.57. The Morgan fingerprint density at radius 1 is 1.22 bits per heavy atom. The lowest BCUT2D eigenvalue weighted by Gasteiger charge is -2.31. The van der Waals surface area contributed by atoms with Crippen LogP contribution in [-0.2, 0) is 11.3 Å². The van der Waals surface area contributed by atoms with E-state index < -0.39 is 6.10 Å². The Balaban J connectivity index is 1.51. The van der Waals surface area contributed by atoms with Gasteiger partial charge in [0.1, 0.15) is 12.7 Å². The SMILES string of the molecule is COc1cc(CN(C)C2CCOCC2)ccc1OC[C@@H](O)CN1CCCC1. The first-order valence-corrected chi connectivity index (χ1v) is 10.1. The van der Waals surface area contributed by atoms with Crippen LogP contribution in [0.1, 0.15) is 31.2 Å². The van der Waals surface area contributed by atoms with Gasteiger partial charge >= 0.3 is 0 Å². The van der Waals surface area contributed by atoms with Crippen molar-refractivity contribution in [3.8, 4) is 11.5 Å². The normalized spacial score (nSPS) is 20.1. The maximum absolute atomic E-state index is 10.2. The molecule has 27 heavy (non-hydrogen) atoms. The average Bonchev–Trinajstić information content (AvgIpc) is 3.20. The summed E-state index contributed by atoms with van der Waals surface area (Å²) in [5.41, 5.74) is 1.20. The molecule has 2 saturated heterocycles. The number of methoxy groups -OCH3 is 1. The highest BCUT2D eigenvalue weighted by atomic mass is 16.5. The van der Waals surface area contributed by atoms with Gasteiger partial charge in [0.2, 0.25) is 0 Å². The summed E-state index contributed by atoms with van der Waals surface area (Å²) < 4.78 is 16.8. The summed E-state index contributed by atoms with van der Waals surface area (Å²) in [5.74, 6) is 1.41. The zero-order valence-corrected chi connectivity index (χ0v) is 16.7. The largest absolute Gasteiger partial charge is 0.493 e. The molecule has 0 amide bonds. The minimum absolute atomic E-state index is 0.286. The zero-order valence-electron chi connectivity index (χ0n) is 16.7. The highest BCUT2D eigenvalue weighted by Crippen LogP contribution is 2.29. The molecule has 2 heterocycles. The van der Waals surface area contributed by atoms with E-state index in [9.17, 15) is 5.11 Å². The minimum atomic E-state index is -0.480. The Morgan fingerprint density at radius 2 is 1.96 bits per heavy atom. The quantitative estimate of drug-likeness (QED) is 0.711. The fourth-order valence-corrected chi connectivity index (χ4v) is 3.97. The summed E-state index contributed by atoms with van der Waals surface area (Å²) in [6.45, 7) is 5.70. The first-order chi connectivity index (χ1) is 13.2. The van der Waals surface area contributed by atoms with Gasteiger partial charge in [0.15, 0.2) is 11.5 Å². The molecule has 6 heteroatoms. The number of rotatable bonds is 9. The summed E-state index contributed by atoms with van der Waals surface area (Å²) in [4.78, 5) is 4.68. The molecule has 0 bridgehead atoms. The molecule has 0 aromatic heterocycles. The fraction of sp³-hybridized carbons (Fsp3) is 0.714. The molecule has 0 unspecified atom stereocenters. The van der Waals surface area contributed by atoms with E-state index in [4.69, 9.17) is 14.2 Å². The van der Waals surface area contributed by atoms with Gasteiger partial charge in [-0.25, -0.2) is 0 Å². The van der Waals surface area contributed by atoms with Crippen molar-refractivity contribution in [1.82, 2.24) is 9.80 Å². The zero-order chi connectivity index (χ0) is 19.1. The van der Waals surface area contributed by atoms with Gasteiger partial charge in [-0.1, -0.05) is 6.07 Å². The molecular formula is C21H34N2O4. The molecule has 2 fully saturated rings. The van der Waals surface area contributed by atoms with Gasteiger partial charge in [0.05, 0.1) is 7.11 Å². The summed E-state index contributed by atoms with van der Waals surface area (Å²) in [6.07, 6.45) is 4.15. The van der Waals surface area contributed by atoms with Gasteiger partial charge in [0.25, 0.3) is 0 Å². The second kappa shape index (κ2) is 10.3. The monoisotopic (exact) mass is 378 g/mol. The number of aliphatic hydroxyl groups is 1. The van der Waals surface area contributed by atoms with E-state index in [1.54, 1.807) is 7.11 Å². The minimum Gasteiger partial charge on any atom is -0.493 e. The lowest BCUT2D eigenvalue weighted by atomic mass is 10.1. The smallest absolute Gasteiger partial charge is 0.161 e. The van der Waals surface area contributed by atoms with Crippen LogP contribution in [0.4, 0.5) is 0 Å². The summed E-state index contributed by atoms with van der Waals surface area (Å²) in [7, 11) is 3.83. The predicted octanol–water partition coefficient (Wildman–Crippen LogP) is 2.14. The van der Waals surface area contributed by atoms with E-state index in [1.807, 2.05) is 12.1 Å². The van der Waals surface area contributed by atoms with Gasteiger partial charge in [-0.2, -0.15) is 0 Å². The van der Waals surface area contributed by atoms with Crippen LogP contribution in [-0.4, -0.2) is 80.7 Å².